The fourth-order valence-corrected chi connectivity index (χ4v) is 4.36. The molecule has 0 radical (unpaired) electrons. The number of amides is 1. The van der Waals surface area contributed by atoms with Gasteiger partial charge in [0.05, 0.1) is 18.2 Å². The van der Waals surface area contributed by atoms with Crippen molar-refractivity contribution in [2.75, 3.05) is 39.2 Å². The maximum atomic E-state index is 12.3. The number of fused-ring (bicyclic) bond motifs is 3. The predicted molar refractivity (Wildman–Crippen MR) is 149 cm³/mol. The fraction of sp³-hybridized carbons (Fsp3) is 0.379. The quantitative estimate of drug-likeness (QED) is 0.321. The van der Waals surface area contributed by atoms with Gasteiger partial charge in [-0.05, 0) is 57.0 Å². The van der Waals surface area contributed by atoms with Gasteiger partial charge in [-0.2, -0.15) is 0 Å². The van der Waals surface area contributed by atoms with Crippen LogP contribution in [0.1, 0.15) is 48.8 Å². The molecule has 0 saturated carbocycles. The molecule has 3 aromatic heterocycles. The van der Waals surface area contributed by atoms with Crippen LogP contribution < -0.4 is 4.90 Å². The normalized spacial score (nSPS) is 11.5. The molecule has 38 heavy (non-hydrogen) atoms. The highest BCUT2D eigenvalue weighted by Crippen LogP contribution is 2.34. The van der Waals surface area contributed by atoms with Crippen molar-refractivity contribution in [3.05, 3.63) is 65.6 Å². The third kappa shape index (κ3) is 6.22. The lowest BCUT2D eigenvalue weighted by molar-refractivity contribution is 0.0297. The Morgan fingerprint density at radius 2 is 1.84 bits per heavy atom. The van der Waals surface area contributed by atoms with Crippen molar-refractivity contribution in [3.8, 4) is 0 Å². The van der Waals surface area contributed by atoms with Crippen LogP contribution in [0.2, 0.25) is 0 Å². The van der Waals surface area contributed by atoms with E-state index in [0.29, 0.717) is 25.1 Å². The third-order valence-electron chi connectivity index (χ3n) is 6.19. The number of methoxy groups -OCH3 is 1. The van der Waals surface area contributed by atoms with E-state index in [2.05, 4.69) is 14.9 Å². The van der Waals surface area contributed by atoms with Crippen molar-refractivity contribution in [3.63, 3.8) is 0 Å². The second-order valence-electron chi connectivity index (χ2n) is 10.5. The van der Waals surface area contributed by atoms with Crippen molar-refractivity contribution in [2.24, 2.45) is 0 Å². The molecule has 1 N–H and O–H groups in total. The Kier molecular flexibility index (Phi) is 7.85. The number of nitrogens with one attached hydrogen (secondary N) is 1. The molecular formula is C29H35N5O4. The summed E-state index contributed by atoms with van der Waals surface area (Å²) in [4.78, 5) is 40.9. The lowest BCUT2D eigenvalue weighted by Crippen LogP contribution is -2.35. The van der Waals surface area contributed by atoms with Crippen LogP contribution in [0.15, 0.2) is 48.8 Å². The minimum atomic E-state index is -0.532. The highest BCUT2D eigenvalue weighted by atomic mass is 16.6. The molecule has 0 saturated heterocycles. The molecule has 0 aliphatic heterocycles. The van der Waals surface area contributed by atoms with Gasteiger partial charge in [0.1, 0.15) is 11.4 Å². The molecule has 0 fully saturated rings. The standard InChI is InChI=1S/C29H35N5O4/c1-29(2,3)38-28(36)34(5)14-8-13-33(4)26-25-22-11-10-20(27(35)37-6)16-23(22)32-24(25)17-21(31-26)15-19-9-7-12-30-18-19/h7,9-12,16-18,32H,8,13-15H2,1-6H3. The number of esters is 1. The van der Waals surface area contributed by atoms with E-state index in [4.69, 9.17) is 14.5 Å². The van der Waals surface area contributed by atoms with Gasteiger partial charge in [0.15, 0.2) is 0 Å². The molecule has 200 valence electrons. The van der Waals surface area contributed by atoms with Crippen molar-refractivity contribution >= 4 is 39.7 Å². The molecular weight excluding hydrogens is 482 g/mol. The molecule has 3 heterocycles. The zero-order valence-corrected chi connectivity index (χ0v) is 22.9. The third-order valence-corrected chi connectivity index (χ3v) is 6.19. The second-order valence-corrected chi connectivity index (χ2v) is 10.5. The first kappa shape index (κ1) is 26.9. The summed E-state index contributed by atoms with van der Waals surface area (Å²) in [7, 11) is 5.13. The lowest BCUT2D eigenvalue weighted by Gasteiger charge is -2.26. The molecule has 0 bridgehead atoms. The largest absolute Gasteiger partial charge is 0.465 e. The molecule has 0 unspecified atom stereocenters. The summed E-state index contributed by atoms with van der Waals surface area (Å²) < 4.78 is 10.4. The van der Waals surface area contributed by atoms with Crippen molar-refractivity contribution in [1.82, 2.24) is 19.9 Å². The summed E-state index contributed by atoms with van der Waals surface area (Å²) in [6.07, 6.45) is 4.63. The first-order valence-corrected chi connectivity index (χ1v) is 12.6. The zero-order chi connectivity index (χ0) is 27.4. The van der Waals surface area contributed by atoms with E-state index >= 15 is 0 Å². The maximum absolute atomic E-state index is 12.3. The first-order valence-electron chi connectivity index (χ1n) is 12.6. The number of carbonyl (C=O) groups excluding carboxylic acids is 2. The highest BCUT2D eigenvalue weighted by Gasteiger charge is 2.20. The summed E-state index contributed by atoms with van der Waals surface area (Å²) in [5, 5.41) is 1.95. The number of anilines is 1. The van der Waals surface area contributed by atoms with Crippen LogP contribution in [-0.2, 0) is 15.9 Å². The molecule has 1 aromatic carbocycles. The molecule has 4 rings (SSSR count). The molecule has 0 spiro atoms. The Morgan fingerprint density at radius 3 is 2.53 bits per heavy atom. The van der Waals surface area contributed by atoms with Gasteiger partial charge < -0.3 is 24.3 Å². The van der Waals surface area contributed by atoms with Crippen LogP contribution in [0.3, 0.4) is 0 Å². The number of hydrogen-bond acceptors (Lipinski definition) is 7. The van der Waals surface area contributed by atoms with Gasteiger partial charge in [-0.25, -0.2) is 14.6 Å². The minimum absolute atomic E-state index is 0.336. The number of benzene rings is 1. The lowest BCUT2D eigenvalue weighted by atomic mass is 10.1. The van der Waals surface area contributed by atoms with E-state index < -0.39 is 5.60 Å². The highest BCUT2D eigenvalue weighted by molar-refractivity contribution is 6.13. The summed E-state index contributed by atoms with van der Waals surface area (Å²) in [6, 6.07) is 11.5. The number of ether oxygens (including phenoxy) is 2. The number of pyridine rings is 2. The summed E-state index contributed by atoms with van der Waals surface area (Å²) >= 11 is 0. The summed E-state index contributed by atoms with van der Waals surface area (Å²) in [6.45, 7) is 6.80. The second kappa shape index (κ2) is 11.1. The fourth-order valence-electron chi connectivity index (χ4n) is 4.36. The Hall–Kier alpha value is -4.14. The van der Waals surface area contributed by atoms with Crippen LogP contribution in [0.5, 0.6) is 0 Å². The maximum Gasteiger partial charge on any atom is 0.410 e. The number of aromatic amines is 1. The SMILES string of the molecule is COC(=O)c1ccc2c(c1)[nH]c1cc(Cc3cccnc3)nc(N(C)CCCN(C)C(=O)OC(C)(C)C)c12. The van der Waals surface area contributed by atoms with E-state index in [1.54, 1.807) is 24.2 Å². The number of nitrogens with zero attached hydrogens (tertiary/aromatic N) is 4. The molecule has 1 amide bonds. The number of rotatable bonds is 8. The van der Waals surface area contributed by atoms with E-state index in [1.165, 1.54) is 7.11 Å². The average molecular weight is 518 g/mol. The average Bonchev–Trinajstić information content (AvgIpc) is 3.24. The molecule has 9 heteroatoms. The van der Waals surface area contributed by atoms with E-state index in [9.17, 15) is 9.59 Å². The Bertz CT molecular complexity index is 1440. The molecule has 4 aromatic rings. The van der Waals surface area contributed by atoms with Gasteiger partial charge >= 0.3 is 12.1 Å². The summed E-state index contributed by atoms with van der Waals surface area (Å²) in [5.41, 5.74) is 3.69. The number of carbonyl (C=O) groups is 2. The van der Waals surface area contributed by atoms with Gasteiger partial charge in [0.2, 0.25) is 0 Å². The van der Waals surface area contributed by atoms with Gasteiger partial charge in [0.25, 0.3) is 0 Å². The van der Waals surface area contributed by atoms with Crippen LogP contribution in [0.25, 0.3) is 21.8 Å². The van der Waals surface area contributed by atoms with Gasteiger partial charge in [-0.15, -0.1) is 0 Å². The minimum Gasteiger partial charge on any atom is -0.465 e. The van der Waals surface area contributed by atoms with Crippen LogP contribution in [0.4, 0.5) is 10.6 Å². The molecule has 0 aliphatic carbocycles. The molecule has 0 atom stereocenters. The van der Waals surface area contributed by atoms with Crippen molar-refractivity contribution in [1.29, 1.82) is 0 Å². The number of hydrogen-bond donors (Lipinski definition) is 1. The van der Waals surface area contributed by atoms with E-state index in [1.807, 2.05) is 64.3 Å². The predicted octanol–water partition coefficient (Wildman–Crippen LogP) is 5.18. The van der Waals surface area contributed by atoms with Crippen LogP contribution in [0, 0.1) is 0 Å². The smallest absolute Gasteiger partial charge is 0.410 e. The first-order chi connectivity index (χ1) is 18.1. The summed E-state index contributed by atoms with van der Waals surface area (Å²) in [5.74, 6) is 0.450. The molecule has 0 aliphatic rings. The van der Waals surface area contributed by atoms with Crippen LogP contribution in [-0.4, -0.2) is 71.8 Å². The monoisotopic (exact) mass is 517 g/mol. The van der Waals surface area contributed by atoms with E-state index in [-0.39, 0.29) is 12.1 Å². The molecule has 9 nitrogen and oxygen atoms in total. The van der Waals surface area contributed by atoms with Gasteiger partial charge in [-0.1, -0.05) is 12.1 Å². The van der Waals surface area contributed by atoms with Crippen molar-refractivity contribution in [2.45, 2.75) is 39.2 Å². The van der Waals surface area contributed by atoms with E-state index in [0.717, 1.165) is 45.3 Å². The number of H-pyrrole nitrogens is 1. The number of aromatic nitrogens is 3. The zero-order valence-electron chi connectivity index (χ0n) is 22.9. The van der Waals surface area contributed by atoms with Gasteiger partial charge in [0, 0.05) is 68.0 Å². The topological polar surface area (TPSA) is 101 Å². The Balaban J connectivity index is 1.64. The Labute approximate surface area is 222 Å². The van der Waals surface area contributed by atoms with Crippen LogP contribution >= 0.6 is 0 Å². The van der Waals surface area contributed by atoms with Crippen molar-refractivity contribution < 1.29 is 19.1 Å². The Morgan fingerprint density at radius 1 is 1.05 bits per heavy atom. The van der Waals surface area contributed by atoms with Gasteiger partial charge in [-0.3, -0.25) is 4.98 Å².